The first-order valence-electron chi connectivity index (χ1n) is 5.07. The maximum absolute atomic E-state index is 11.3. The van der Waals surface area contributed by atoms with Gasteiger partial charge in [-0.15, -0.1) is 0 Å². The van der Waals surface area contributed by atoms with Gasteiger partial charge in [0.15, 0.2) is 12.0 Å². The number of hydrogen-bond acceptors (Lipinski definition) is 5. The van der Waals surface area contributed by atoms with Crippen molar-refractivity contribution in [2.75, 3.05) is 11.5 Å². The van der Waals surface area contributed by atoms with Gasteiger partial charge < -0.3 is 4.42 Å². The highest BCUT2D eigenvalue weighted by atomic mass is 32.2. The molecule has 0 atom stereocenters. The van der Waals surface area contributed by atoms with E-state index in [0.29, 0.717) is 25.0 Å². The van der Waals surface area contributed by atoms with Crippen molar-refractivity contribution in [2.45, 2.75) is 25.2 Å². The van der Waals surface area contributed by atoms with Crippen molar-refractivity contribution in [3.63, 3.8) is 0 Å². The SMILES string of the molecule is CC1(c2ncc(C=O)o2)CCS(=O)(=O)CC1. The Morgan fingerprint density at radius 1 is 1.44 bits per heavy atom. The molecule has 1 aliphatic rings. The number of aldehydes is 1. The summed E-state index contributed by atoms with van der Waals surface area (Å²) in [6.07, 6.45) is 2.96. The van der Waals surface area contributed by atoms with Gasteiger partial charge in [-0.3, -0.25) is 4.79 Å². The predicted molar refractivity (Wildman–Crippen MR) is 57.1 cm³/mol. The summed E-state index contributed by atoms with van der Waals surface area (Å²) in [6, 6.07) is 0. The quantitative estimate of drug-likeness (QED) is 0.723. The monoisotopic (exact) mass is 243 g/mol. The normalized spacial score (nSPS) is 22.8. The Morgan fingerprint density at radius 2 is 2.06 bits per heavy atom. The van der Waals surface area contributed by atoms with Crippen molar-refractivity contribution in [1.29, 1.82) is 0 Å². The van der Waals surface area contributed by atoms with E-state index in [9.17, 15) is 13.2 Å². The van der Waals surface area contributed by atoms with Crippen LogP contribution >= 0.6 is 0 Å². The van der Waals surface area contributed by atoms with Gasteiger partial charge in [0.1, 0.15) is 9.84 Å². The van der Waals surface area contributed by atoms with Crippen LogP contribution in [0.15, 0.2) is 10.6 Å². The smallest absolute Gasteiger partial charge is 0.201 e. The average molecular weight is 243 g/mol. The number of carbonyl (C=O) groups is 1. The molecular weight excluding hydrogens is 230 g/mol. The first-order chi connectivity index (χ1) is 7.45. The van der Waals surface area contributed by atoms with Crippen molar-refractivity contribution >= 4 is 16.1 Å². The van der Waals surface area contributed by atoms with Gasteiger partial charge in [-0.25, -0.2) is 13.4 Å². The van der Waals surface area contributed by atoms with Crippen LogP contribution in [0.2, 0.25) is 0 Å². The van der Waals surface area contributed by atoms with Crippen LogP contribution < -0.4 is 0 Å². The Balaban J connectivity index is 2.24. The van der Waals surface area contributed by atoms with Gasteiger partial charge in [0, 0.05) is 5.41 Å². The molecule has 1 aromatic rings. The number of carbonyl (C=O) groups excluding carboxylic acids is 1. The first-order valence-corrected chi connectivity index (χ1v) is 6.89. The molecule has 0 saturated carbocycles. The molecule has 1 aromatic heterocycles. The summed E-state index contributed by atoms with van der Waals surface area (Å²) in [5, 5.41) is 0. The second-order valence-corrected chi connectivity index (χ2v) is 6.70. The van der Waals surface area contributed by atoms with Crippen LogP contribution in [0.25, 0.3) is 0 Å². The van der Waals surface area contributed by atoms with Crippen LogP contribution in [0.4, 0.5) is 0 Å². The molecule has 0 aliphatic carbocycles. The predicted octanol–water partition coefficient (Wildman–Crippen LogP) is 0.953. The van der Waals surface area contributed by atoms with Crippen molar-refractivity contribution in [3.8, 4) is 0 Å². The van der Waals surface area contributed by atoms with Crippen LogP contribution in [0.1, 0.15) is 36.2 Å². The summed E-state index contributed by atoms with van der Waals surface area (Å²) in [5.41, 5.74) is -0.368. The van der Waals surface area contributed by atoms with E-state index >= 15 is 0 Å². The molecule has 1 aliphatic heterocycles. The number of sulfone groups is 1. The van der Waals surface area contributed by atoms with E-state index in [2.05, 4.69) is 4.98 Å². The molecule has 2 rings (SSSR count). The third-order valence-electron chi connectivity index (χ3n) is 3.09. The minimum Gasteiger partial charge on any atom is -0.437 e. The molecule has 0 aromatic carbocycles. The fourth-order valence-electron chi connectivity index (χ4n) is 1.82. The summed E-state index contributed by atoms with van der Waals surface area (Å²) < 4.78 is 27.9. The van der Waals surface area contributed by atoms with Crippen LogP contribution in [0.5, 0.6) is 0 Å². The lowest BCUT2D eigenvalue weighted by atomic mass is 9.84. The van der Waals surface area contributed by atoms with E-state index in [1.165, 1.54) is 6.20 Å². The Labute approximate surface area is 93.8 Å². The lowest BCUT2D eigenvalue weighted by Crippen LogP contribution is -2.34. The Bertz CT molecular complexity index is 489. The summed E-state index contributed by atoms with van der Waals surface area (Å²) in [5.74, 6) is 0.957. The molecule has 1 saturated heterocycles. The van der Waals surface area contributed by atoms with Gasteiger partial charge in [-0.05, 0) is 12.8 Å². The average Bonchev–Trinajstić information content (AvgIpc) is 2.72. The number of rotatable bonds is 2. The Kier molecular flexibility index (Phi) is 2.61. The van der Waals surface area contributed by atoms with Crippen molar-refractivity contribution < 1.29 is 17.6 Å². The zero-order valence-electron chi connectivity index (χ0n) is 8.97. The highest BCUT2D eigenvalue weighted by Crippen LogP contribution is 2.35. The molecular formula is C10H13NO4S. The molecule has 0 unspecified atom stereocenters. The van der Waals surface area contributed by atoms with Crippen molar-refractivity contribution in [2.24, 2.45) is 0 Å². The number of oxazole rings is 1. The standard InChI is InChI=1S/C10H13NO4S/c1-10(2-4-16(13,14)5-3-10)9-11-6-8(7-12)15-9/h6-7H,2-5H2,1H3. The van der Waals surface area contributed by atoms with E-state index in [1.54, 1.807) is 0 Å². The van der Waals surface area contributed by atoms with Gasteiger partial charge >= 0.3 is 0 Å². The van der Waals surface area contributed by atoms with E-state index < -0.39 is 9.84 Å². The van der Waals surface area contributed by atoms with Crippen LogP contribution in [-0.2, 0) is 15.3 Å². The van der Waals surface area contributed by atoms with E-state index in [1.807, 2.05) is 6.92 Å². The molecule has 5 nitrogen and oxygen atoms in total. The lowest BCUT2D eigenvalue weighted by Gasteiger charge is -2.29. The molecule has 0 spiro atoms. The maximum atomic E-state index is 11.3. The minimum absolute atomic E-state index is 0.155. The first kappa shape index (κ1) is 11.3. The van der Waals surface area contributed by atoms with Gasteiger partial charge in [0.2, 0.25) is 5.89 Å². The van der Waals surface area contributed by atoms with Crippen molar-refractivity contribution in [3.05, 3.63) is 17.8 Å². The molecule has 0 radical (unpaired) electrons. The summed E-state index contributed by atoms with van der Waals surface area (Å²) in [4.78, 5) is 14.5. The third kappa shape index (κ3) is 2.02. The van der Waals surface area contributed by atoms with E-state index in [4.69, 9.17) is 4.42 Å². The molecule has 2 heterocycles. The molecule has 6 heteroatoms. The van der Waals surface area contributed by atoms with Crippen LogP contribution in [0.3, 0.4) is 0 Å². The molecule has 0 bridgehead atoms. The maximum Gasteiger partial charge on any atom is 0.201 e. The topological polar surface area (TPSA) is 77.2 Å². The van der Waals surface area contributed by atoms with Gasteiger partial charge in [0.25, 0.3) is 0 Å². The van der Waals surface area contributed by atoms with Gasteiger partial charge in [-0.2, -0.15) is 0 Å². The van der Waals surface area contributed by atoms with E-state index in [0.717, 1.165) is 0 Å². The summed E-state index contributed by atoms with van der Waals surface area (Å²) in [6.45, 7) is 1.92. The highest BCUT2D eigenvalue weighted by molar-refractivity contribution is 7.91. The zero-order chi connectivity index (χ0) is 11.8. The summed E-state index contributed by atoms with van der Waals surface area (Å²) in [7, 11) is -2.90. The number of hydrogen-bond donors (Lipinski definition) is 0. The van der Waals surface area contributed by atoms with Gasteiger partial charge in [-0.1, -0.05) is 6.92 Å². The van der Waals surface area contributed by atoms with Gasteiger partial charge in [0.05, 0.1) is 17.7 Å². The largest absolute Gasteiger partial charge is 0.437 e. The van der Waals surface area contributed by atoms with Crippen molar-refractivity contribution in [1.82, 2.24) is 4.98 Å². The molecule has 1 fully saturated rings. The van der Waals surface area contributed by atoms with E-state index in [-0.39, 0.29) is 22.7 Å². The summed E-state index contributed by atoms with van der Waals surface area (Å²) >= 11 is 0. The molecule has 88 valence electrons. The lowest BCUT2D eigenvalue weighted by molar-refractivity contribution is 0.109. The molecule has 0 N–H and O–H groups in total. The minimum atomic E-state index is -2.90. The fraction of sp³-hybridized carbons (Fsp3) is 0.600. The second kappa shape index (κ2) is 3.69. The second-order valence-electron chi connectivity index (χ2n) is 4.40. The molecule has 16 heavy (non-hydrogen) atoms. The number of aromatic nitrogens is 1. The fourth-order valence-corrected chi connectivity index (χ4v) is 3.55. The highest BCUT2D eigenvalue weighted by Gasteiger charge is 2.38. The molecule has 0 amide bonds. The zero-order valence-corrected chi connectivity index (χ0v) is 9.79. The Hall–Kier alpha value is -1.17. The number of nitrogens with zero attached hydrogens (tertiary/aromatic N) is 1. The third-order valence-corrected chi connectivity index (χ3v) is 4.74. The van der Waals surface area contributed by atoms with Crippen LogP contribution in [-0.4, -0.2) is 31.2 Å². The Morgan fingerprint density at radius 3 is 2.56 bits per heavy atom. The van der Waals surface area contributed by atoms with Crippen LogP contribution in [0, 0.1) is 0 Å².